The van der Waals surface area contributed by atoms with Gasteiger partial charge < -0.3 is 15.0 Å². The van der Waals surface area contributed by atoms with Gasteiger partial charge in [0.25, 0.3) is 5.91 Å². The highest BCUT2D eigenvalue weighted by Gasteiger charge is 2.32. The Labute approximate surface area is 153 Å². The van der Waals surface area contributed by atoms with Crippen LogP contribution in [0.5, 0.6) is 0 Å². The van der Waals surface area contributed by atoms with Gasteiger partial charge in [-0.3, -0.25) is 19.3 Å². The van der Waals surface area contributed by atoms with Crippen molar-refractivity contribution in [2.24, 2.45) is 0 Å². The molecule has 10 heteroatoms. The van der Waals surface area contributed by atoms with Crippen molar-refractivity contribution in [3.05, 3.63) is 29.0 Å². The molecule has 0 saturated carbocycles. The van der Waals surface area contributed by atoms with Crippen LogP contribution in [0.2, 0.25) is 5.02 Å². The second-order valence-corrected chi connectivity index (χ2v) is 6.06. The van der Waals surface area contributed by atoms with Crippen LogP contribution in [-0.4, -0.2) is 60.4 Å². The third-order valence-electron chi connectivity index (χ3n) is 3.56. The topological polar surface area (TPSA) is 96.0 Å². The fourth-order valence-electron chi connectivity index (χ4n) is 2.27. The van der Waals surface area contributed by atoms with Gasteiger partial charge in [0, 0.05) is 25.0 Å². The zero-order valence-corrected chi connectivity index (χ0v) is 14.7. The van der Waals surface area contributed by atoms with Crippen LogP contribution >= 0.6 is 11.6 Å². The van der Waals surface area contributed by atoms with Crippen molar-refractivity contribution in [2.75, 3.05) is 32.1 Å². The minimum absolute atomic E-state index is 0.0174. The van der Waals surface area contributed by atoms with Gasteiger partial charge in [0.05, 0.1) is 5.69 Å². The van der Waals surface area contributed by atoms with Crippen molar-refractivity contribution < 1.29 is 28.3 Å². The Hall–Kier alpha value is -2.68. The molecule has 1 aromatic rings. The third kappa shape index (κ3) is 5.16. The fraction of sp³-hybridized carbons (Fsp3) is 0.375. The van der Waals surface area contributed by atoms with E-state index >= 15 is 0 Å². The van der Waals surface area contributed by atoms with Gasteiger partial charge in [-0.15, -0.1) is 0 Å². The van der Waals surface area contributed by atoms with Gasteiger partial charge >= 0.3 is 12.0 Å². The minimum Gasteiger partial charge on any atom is -0.456 e. The first kappa shape index (κ1) is 19.6. The van der Waals surface area contributed by atoms with E-state index in [-0.39, 0.29) is 42.5 Å². The molecule has 1 fully saturated rings. The number of likely N-dealkylation sites (N-methyl/N-ethyl adjacent to an activating group) is 1. The van der Waals surface area contributed by atoms with Gasteiger partial charge in [-0.1, -0.05) is 11.6 Å². The molecule has 0 aromatic heterocycles. The molecule has 1 saturated heterocycles. The van der Waals surface area contributed by atoms with Crippen LogP contribution < -0.4 is 5.32 Å². The number of anilines is 1. The van der Waals surface area contributed by atoms with Crippen LogP contribution in [0.4, 0.5) is 14.9 Å². The average molecular weight is 386 g/mol. The standard InChI is InChI=1S/C16H17ClFN3O5/c1-20-8-14(23)21(16(20)25)6-2-3-15(24)26-9-13(22)19-12-7-10(17)4-5-11(12)18/h4-5,7H,2-3,6,8-9H2,1H3,(H,19,22). The molecule has 1 aromatic carbocycles. The summed E-state index contributed by atoms with van der Waals surface area (Å²) in [6.45, 7) is -0.477. The first-order chi connectivity index (χ1) is 12.3. The number of carbonyl (C=O) groups is 4. The monoisotopic (exact) mass is 385 g/mol. The Morgan fingerprint density at radius 2 is 2.08 bits per heavy atom. The molecule has 140 valence electrons. The van der Waals surface area contributed by atoms with Crippen LogP contribution in [0.1, 0.15) is 12.8 Å². The van der Waals surface area contributed by atoms with E-state index in [1.165, 1.54) is 24.1 Å². The Balaban J connectivity index is 1.70. The molecule has 1 aliphatic rings. The van der Waals surface area contributed by atoms with Crippen molar-refractivity contribution in [3.8, 4) is 0 Å². The van der Waals surface area contributed by atoms with E-state index in [1.807, 2.05) is 0 Å². The molecule has 8 nitrogen and oxygen atoms in total. The summed E-state index contributed by atoms with van der Waals surface area (Å²) < 4.78 is 18.3. The number of imide groups is 1. The number of rotatable bonds is 7. The summed E-state index contributed by atoms with van der Waals surface area (Å²) in [5, 5.41) is 2.49. The summed E-state index contributed by atoms with van der Waals surface area (Å²) in [6, 6.07) is 3.26. The Kier molecular flexibility index (Phi) is 6.51. The van der Waals surface area contributed by atoms with Crippen LogP contribution in [0.25, 0.3) is 0 Å². The van der Waals surface area contributed by atoms with E-state index in [2.05, 4.69) is 5.32 Å². The lowest BCUT2D eigenvalue weighted by Gasteiger charge is -2.13. The number of urea groups is 1. The third-order valence-corrected chi connectivity index (χ3v) is 3.80. The maximum atomic E-state index is 13.5. The van der Waals surface area contributed by atoms with Crippen LogP contribution in [0.15, 0.2) is 18.2 Å². The van der Waals surface area contributed by atoms with Crippen molar-refractivity contribution in [1.29, 1.82) is 0 Å². The molecule has 2 rings (SSSR count). The van der Waals surface area contributed by atoms with E-state index in [0.29, 0.717) is 0 Å². The molecule has 1 heterocycles. The fourth-order valence-corrected chi connectivity index (χ4v) is 2.44. The molecule has 0 bridgehead atoms. The average Bonchev–Trinajstić information content (AvgIpc) is 2.82. The van der Waals surface area contributed by atoms with Gasteiger partial charge in [-0.2, -0.15) is 0 Å². The summed E-state index contributed by atoms with van der Waals surface area (Å²) >= 11 is 5.71. The minimum atomic E-state index is -0.717. The quantitative estimate of drug-likeness (QED) is 0.568. The van der Waals surface area contributed by atoms with E-state index < -0.39 is 30.3 Å². The molecule has 1 aliphatic heterocycles. The number of esters is 1. The molecule has 0 atom stereocenters. The first-order valence-corrected chi connectivity index (χ1v) is 8.11. The molecule has 0 spiro atoms. The van der Waals surface area contributed by atoms with Crippen molar-refractivity contribution in [2.45, 2.75) is 12.8 Å². The normalized spacial score (nSPS) is 14.0. The van der Waals surface area contributed by atoms with Crippen LogP contribution in [0, 0.1) is 5.82 Å². The predicted octanol–water partition coefficient (Wildman–Crippen LogP) is 1.64. The maximum absolute atomic E-state index is 13.5. The van der Waals surface area contributed by atoms with Crippen LogP contribution in [0.3, 0.4) is 0 Å². The van der Waals surface area contributed by atoms with Gasteiger partial charge in [-0.25, -0.2) is 9.18 Å². The van der Waals surface area contributed by atoms with Crippen LogP contribution in [-0.2, 0) is 19.1 Å². The first-order valence-electron chi connectivity index (χ1n) is 7.74. The lowest BCUT2D eigenvalue weighted by atomic mass is 10.3. The highest BCUT2D eigenvalue weighted by Crippen LogP contribution is 2.19. The number of benzene rings is 1. The Morgan fingerprint density at radius 3 is 2.73 bits per heavy atom. The largest absolute Gasteiger partial charge is 0.456 e. The second kappa shape index (κ2) is 8.61. The number of amides is 4. The highest BCUT2D eigenvalue weighted by atomic mass is 35.5. The second-order valence-electron chi connectivity index (χ2n) is 5.62. The highest BCUT2D eigenvalue weighted by molar-refractivity contribution is 6.30. The Morgan fingerprint density at radius 1 is 1.35 bits per heavy atom. The van der Waals surface area contributed by atoms with E-state index in [1.54, 1.807) is 0 Å². The summed E-state index contributed by atoms with van der Waals surface area (Å²) in [6.07, 6.45) is 0.147. The summed E-state index contributed by atoms with van der Waals surface area (Å²) in [4.78, 5) is 48.9. The lowest BCUT2D eigenvalue weighted by Crippen LogP contribution is -2.32. The molecule has 0 unspecified atom stereocenters. The number of carbonyl (C=O) groups excluding carboxylic acids is 4. The molecule has 0 radical (unpaired) electrons. The molecular formula is C16H17ClFN3O5. The maximum Gasteiger partial charge on any atom is 0.326 e. The number of hydrogen-bond donors (Lipinski definition) is 1. The van der Waals surface area contributed by atoms with E-state index in [9.17, 15) is 23.6 Å². The number of ether oxygens (including phenoxy) is 1. The van der Waals surface area contributed by atoms with Gasteiger partial charge in [0.1, 0.15) is 12.4 Å². The van der Waals surface area contributed by atoms with Crippen molar-refractivity contribution in [3.63, 3.8) is 0 Å². The van der Waals surface area contributed by atoms with Crippen molar-refractivity contribution >= 4 is 41.1 Å². The number of hydrogen-bond acceptors (Lipinski definition) is 5. The number of nitrogens with one attached hydrogen (secondary N) is 1. The zero-order valence-electron chi connectivity index (χ0n) is 14.0. The molecule has 0 aliphatic carbocycles. The Bertz CT molecular complexity index is 743. The van der Waals surface area contributed by atoms with Gasteiger partial charge in [0.2, 0.25) is 5.91 Å². The van der Waals surface area contributed by atoms with Crippen molar-refractivity contribution in [1.82, 2.24) is 9.80 Å². The molecule has 26 heavy (non-hydrogen) atoms. The molecule has 1 N–H and O–H groups in total. The molecular weight excluding hydrogens is 369 g/mol. The summed E-state index contributed by atoms with van der Waals surface area (Å²) in [7, 11) is 1.51. The van der Waals surface area contributed by atoms with E-state index in [0.717, 1.165) is 11.0 Å². The summed E-state index contributed by atoms with van der Waals surface area (Å²) in [5.74, 6) is -2.38. The van der Waals surface area contributed by atoms with E-state index in [4.69, 9.17) is 16.3 Å². The summed E-state index contributed by atoms with van der Waals surface area (Å²) in [5.41, 5.74) is -0.117. The smallest absolute Gasteiger partial charge is 0.326 e. The zero-order chi connectivity index (χ0) is 19.3. The van der Waals surface area contributed by atoms with Gasteiger partial charge in [-0.05, 0) is 24.6 Å². The number of halogens is 2. The number of nitrogens with zero attached hydrogens (tertiary/aromatic N) is 2. The van der Waals surface area contributed by atoms with Gasteiger partial charge in [0.15, 0.2) is 6.61 Å². The SMILES string of the molecule is CN1CC(=O)N(CCCC(=O)OCC(=O)Nc2cc(Cl)ccc2F)C1=O. The molecule has 4 amide bonds. The lowest BCUT2D eigenvalue weighted by molar-refractivity contribution is -0.147. The predicted molar refractivity (Wildman–Crippen MR) is 90.0 cm³/mol.